The van der Waals surface area contributed by atoms with Crippen molar-refractivity contribution < 1.29 is 14.6 Å². The Balaban J connectivity index is 1.67. The molecule has 0 aromatic heterocycles. The molecule has 0 unspecified atom stereocenters. The number of nitrogens with one attached hydrogen (secondary N) is 1. The van der Waals surface area contributed by atoms with Crippen molar-refractivity contribution in [3.8, 4) is 11.5 Å². The maximum absolute atomic E-state index is 11.9. The van der Waals surface area contributed by atoms with Gasteiger partial charge in [-0.05, 0) is 40.6 Å². The molecule has 2 N–H and O–H groups in total. The average molecular weight is 346 g/mol. The molecule has 0 spiro atoms. The highest BCUT2D eigenvalue weighted by Crippen LogP contribution is 2.25. The van der Waals surface area contributed by atoms with Crippen molar-refractivity contribution in [2.75, 3.05) is 7.11 Å². The Kier molecular flexibility index (Phi) is 5.29. The Bertz CT molecular complexity index is 976. The van der Waals surface area contributed by atoms with E-state index < -0.39 is 0 Å². The van der Waals surface area contributed by atoms with Gasteiger partial charge in [0.05, 0.1) is 13.3 Å². The number of rotatable bonds is 5. The number of carbonyl (C=O) groups is 1. The molecular weight excluding hydrogens is 328 g/mol. The zero-order valence-corrected chi connectivity index (χ0v) is 14.2. The molecule has 0 saturated heterocycles. The van der Waals surface area contributed by atoms with E-state index in [-0.39, 0.29) is 11.7 Å². The zero-order chi connectivity index (χ0) is 18.4. The number of amides is 1. The fourth-order valence-electron chi connectivity index (χ4n) is 2.50. The molecule has 5 nitrogen and oxygen atoms in total. The third-order valence-electron chi connectivity index (χ3n) is 3.86. The van der Waals surface area contributed by atoms with Crippen LogP contribution in [0.25, 0.3) is 16.8 Å². The zero-order valence-electron chi connectivity index (χ0n) is 14.2. The number of ether oxygens (including phenoxy) is 1. The SMILES string of the molecule is COc1ccc(/C=C/C(=O)N/N=C\c2c(O)ccc3ccccc23)cc1. The van der Waals surface area contributed by atoms with Crippen LogP contribution in [0.4, 0.5) is 0 Å². The molecule has 26 heavy (non-hydrogen) atoms. The predicted octanol–water partition coefficient (Wildman–Crippen LogP) is 3.72. The van der Waals surface area contributed by atoms with E-state index in [1.807, 2.05) is 54.6 Å². The van der Waals surface area contributed by atoms with E-state index in [4.69, 9.17) is 4.74 Å². The second-order valence-electron chi connectivity index (χ2n) is 5.56. The van der Waals surface area contributed by atoms with Gasteiger partial charge in [0.15, 0.2) is 0 Å². The fraction of sp³-hybridized carbons (Fsp3) is 0.0476. The van der Waals surface area contributed by atoms with Gasteiger partial charge >= 0.3 is 0 Å². The van der Waals surface area contributed by atoms with Crippen molar-refractivity contribution in [1.82, 2.24) is 5.43 Å². The normalized spacial score (nSPS) is 11.3. The van der Waals surface area contributed by atoms with Gasteiger partial charge in [-0.15, -0.1) is 0 Å². The minimum Gasteiger partial charge on any atom is -0.507 e. The van der Waals surface area contributed by atoms with Gasteiger partial charge in [-0.25, -0.2) is 5.43 Å². The first-order valence-electron chi connectivity index (χ1n) is 8.03. The van der Waals surface area contributed by atoms with Gasteiger partial charge in [0.2, 0.25) is 0 Å². The Hall–Kier alpha value is -3.60. The maximum Gasteiger partial charge on any atom is 0.264 e. The van der Waals surface area contributed by atoms with Crippen molar-refractivity contribution in [3.63, 3.8) is 0 Å². The predicted molar refractivity (Wildman–Crippen MR) is 103 cm³/mol. The van der Waals surface area contributed by atoms with E-state index >= 15 is 0 Å². The smallest absolute Gasteiger partial charge is 0.264 e. The van der Waals surface area contributed by atoms with Crippen molar-refractivity contribution in [2.24, 2.45) is 5.10 Å². The lowest BCUT2D eigenvalue weighted by molar-refractivity contribution is -0.116. The number of phenolic OH excluding ortho intramolecular Hbond substituents is 1. The number of methoxy groups -OCH3 is 1. The Morgan fingerprint density at radius 3 is 2.62 bits per heavy atom. The third kappa shape index (κ3) is 4.08. The van der Waals surface area contributed by atoms with E-state index in [1.54, 1.807) is 19.3 Å². The summed E-state index contributed by atoms with van der Waals surface area (Å²) in [4.78, 5) is 11.9. The van der Waals surface area contributed by atoms with Gasteiger partial charge in [-0.2, -0.15) is 5.10 Å². The summed E-state index contributed by atoms with van der Waals surface area (Å²) in [5, 5.41) is 15.8. The fourth-order valence-corrected chi connectivity index (χ4v) is 2.50. The molecule has 1 amide bonds. The largest absolute Gasteiger partial charge is 0.507 e. The van der Waals surface area contributed by atoms with Gasteiger partial charge in [0, 0.05) is 11.6 Å². The van der Waals surface area contributed by atoms with Crippen LogP contribution in [0.15, 0.2) is 71.8 Å². The molecule has 3 aromatic carbocycles. The average Bonchev–Trinajstić information content (AvgIpc) is 2.68. The van der Waals surface area contributed by atoms with Gasteiger partial charge in [-0.3, -0.25) is 4.79 Å². The van der Waals surface area contributed by atoms with Gasteiger partial charge < -0.3 is 9.84 Å². The van der Waals surface area contributed by atoms with Crippen molar-refractivity contribution in [2.45, 2.75) is 0 Å². The number of hydrogen-bond donors (Lipinski definition) is 2. The standard InChI is InChI=1S/C21H18N2O3/c1-26-17-10-6-15(7-11-17)8-13-21(25)23-22-14-19-18-5-3-2-4-16(18)9-12-20(19)24/h2-14,24H,1H3,(H,23,25)/b13-8+,22-14-. The lowest BCUT2D eigenvalue weighted by Crippen LogP contribution is -2.14. The maximum atomic E-state index is 11.9. The quantitative estimate of drug-likeness (QED) is 0.420. The third-order valence-corrected chi connectivity index (χ3v) is 3.86. The summed E-state index contributed by atoms with van der Waals surface area (Å²) in [5.74, 6) is 0.498. The molecule has 0 fully saturated rings. The van der Waals surface area contributed by atoms with Crippen LogP contribution in [-0.4, -0.2) is 24.3 Å². The minimum absolute atomic E-state index is 0.107. The van der Waals surface area contributed by atoms with E-state index in [9.17, 15) is 9.90 Å². The number of phenols is 1. The van der Waals surface area contributed by atoms with Crippen LogP contribution in [0, 0.1) is 0 Å². The topological polar surface area (TPSA) is 70.9 Å². The lowest BCUT2D eigenvalue weighted by atomic mass is 10.0. The summed E-state index contributed by atoms with van der Waals surface area (Å²) in [6.07, 6.45) is 4.51. The van der Waals surface area contributed by atoms with Crippen molar-refractivity contribution in [3.05, 3.63) is 77.9 Å². The molecule has 0 saturated carbocycles. The summed E-state index contributed by atoms with van der Waals surface area (Å²) in [5.41, 5.74) is 3.85. The molecule has 0 aliphatic heterocycles. The molecule has 130 valence electrons. The van der Waals surface area contributed by atoms with E-state index in [1.165, 1.54) is 12.3 Å². The first-order chi connectivity index (χ1) is 12.7. The Morgan fingerprint density at radius 1 is 1.08 bits per heavy atom. The van der Waals surface area contributed by atoms with Crippen LogP contribution in [0.1, 0.15) is 11.1 Å². The van der Waals surface area contributed by atoms with Crippen LogP contribution < -0.4 is 10.2 Å². The summed E-state index contributed by atoms with van der Waals surface area (Å²) in [7, 11) is 1.60. The number of fused-ring (bicyclic) bond motifs is 1. The van der Waals surface area contributed by atoms with Crippen LogP contribution in [0.5, 0.6) is 11.5 Å². The summed E-state index contributed by atoms with van der Waals surface area (Å²) < 4.78 is 5.09. The molecular formula is C21H18N2O3. The van der Waals surface area contributed by atoms with Crippen LogP contribution in [0.3, 0.4) is 0 Å². The first-order valence-corrected chi connectivity index (χ1v) is 8.03. The van der Waals surface area contributed by atoms with Gasteiger partial charge in [-0.1, -0.05) is 42.5 Å². The number of carbonyl (C=O) groups excluding carboxylic acids is 1. The van der Waals surface area contributed by atoms with E-state index in [2.05, 4.69) is 10.5 Å². The van der Waals surface area contributed by atoms with Crippen molar-refractivity contribution in [1.29, 1.82) is 0 Å². The van der Waals surface area contributed by atoms with E-state index in [0.29, 0.717) is 5.56 Å². The summed E-state index contributed by atoms with van der Waals surface area (Å²) in [6.45, 7) is 0. The molecule has 5 heteroatoms. The number of aromatic hydroxyl groups is 1. The van der Waals surface area contributed by atoms with Gasteiger partial charge in [0.25, 0.3) is 5.91 Å². The molecule has 0 aliphatic rings. The monoisotopic (exact) mass is 346 g/mol. The molecule has 0 radical (unpaired) electrons. The first kappa shape index (κ1) is 17.2. The highest BCUT2D eigenvalue weighted by atomic mass is 16.5. The second-order valence-corrected chi connectivity index (χ2v) is 5.56. The van der Waals surface area contributed by atoms with Crippen LogP contribution in [0.2, 0.25) is 0 Å². The molecule has 0 bridgehead atoms. The highest BCUT2D eigenvalue weighted by Gasteiger charge is 2.04. The molecule has 0 heterocycles. The molecule has 3 aromatic rings. The van der Waals surface area contributed by atoms with Crippen LogP contribution in [-0.2, 0) is 4.79 Å². The highest BCUT2D eigenvalue weighted by molar-refractivity contribution is 6.02. The van der Waals surface area contributed by atoms with Gasteiger partial charge in [0.1, 0.15) is 11.5 Å². The number of nitrogens with zero attached hydrogens (tertiary/aromatic N) is 1. The lowest BCUT2D eigenvalue weighted by Gasteiger charge is -2.04. The molecule has 0 atom stereocenters. The number of benzene rings is 3. The number of hydrazone groups is 1. The van der Waals surface area contributed by atoms with E-state index in [0.717, 1.165) is 22.1 Å². The Labute approximate surface area is 151 Å². The molecule has 0 aliphatic carbocycles. The van der Waals surface area contributed by atoms with Crippen LogP contribution >= 0.6 is 0 Å². The second kappa shape index (κ2) is 7.98. The molecule has 3 rings (SSSR count). The Morgan fingerprint density at radius 2 is 1.85 bits per heavy atom. The summed E-state index contributed by atoms with van der Waals surface area (Å²) >= 11 is 0. The number of hydrogen-bond acceptors (Lipinski definition) is 4. The minimum atomic E-state index is -0.364. The summed E-state index contributed by atoms with van der Waals surface area (Å²) in [6, 6.07) is 18.4. The van der Waals surface area contributed by atoms with Crippen molar-refractivity contribution >= 4 is 29.0 Å².